The van der Waals surface area contributed by atoms with Crippen LogP contribution in [-0.4, -0.2) is 36.3 Å². The van der Waals surface area contributed by atoms with E-state index >= 15 is 0 Å². The molecule has 0 aromatic carbocycles. The highest BCUT2D eigenvalue weighted by Gasteiger charge is 2.02. The molecule has 0 fully saturated rings. The molecule has 0 saturated heterocycles. The van der Waals surface area contributed by atoms with Crippen LogP contribution >= 0.6 is 23.2 Å². The molecular weight excluding hydrogens is 277 g/mol. The molecule has 0 saturated carbocycles. The smallest absolute Gasteiger partial charge is 0.0351 e. The molecule has 0 atom stereocenters. The summed E-state index contributed by atoms with van der Waals surface area (Å²) in [5, 5.41) is 0. The minimum atomic E-state index is 0.717. The molecule has 0 rings (SSSR count). The zero-order valence-electron chi connectivity index (χ0n) is 12.8. The molecule has 0 bridgehead atoms. The third-order valence-electron chi connectivity index (χ3n) is 3.63. The van der Waals surface area contributed by atoms with Gasteiger partial charge in [0.1, 0.15) is 0 Å². The molecule has 0 spiro atoms. The lowest BCUT2D eigenvalue weighted by Crippen LogP contribution is -2.28. The van der Waals surface area contributed by atoms with Crippen molar-refractivity contribution in [2.45, 2.75) is 71.1 Å². The summed E-state index contributed by atoms with van der Waals surface area (Å²) in [6.45, 7) is 5.39. The predicted octanol–water partition coefficient (Wildman–Crippen LogP) is 5.69. The van der Waals surface area contributed by atoms with E-state index in [0.717, 1.165) is 19.6 Å². The molecule has 0 aromatic rings. The first-order chi connectivity index (χ1) is 9.35. The van der Waals surface area contributed by atoms with E-state index in [2.05, 4.69) is 11.8 Å². The highest BCUT2D eigenvalue weighted by atomic mass is 35.5. The molecule has 0 aliphatic carbocycles. The van der Waals surface area contributed by atoms with E-state index in [9.17, 15) is 0 Å². The van der Waals surface area contributed by atoms with Crippen LogP contribution in [0, 0.1) is 0 Å². The van der Waals surface area contributed by atoms with E-state index in [1.165, 1.54) is 64.2 Å². The molecule has 3 heteroatoms. The zero-order chi connectivity index (χ0) is 14.2. The van der Waals surface area contributed by atoms with Crippen molar-refractivity contribution in [2.75, 3.05) is 31.4 Å². The molecule has 116 valence electrons. The molecule has 0 aromatic heterocycles. The molecule has 0 aliphatic heterocycles. The topological polar surface area (TPSA) is 3.24 Å². The average molecular weight is 310 g/mol. The van der Waals surface area contributed by atoms with Crippen molar-refractivity contribution in [3.8, 4) is 0 Å². The van der Waals surface area contributed by atoms with Gasteiger partial charge in [0.25, 0.3) is 0 Å². The molecule has 0 aliphatic rings. The Bertz CT molecular complexity index is 159. The zero-order valence-corrected chi connectivity index (χ0v) is 14.3. The SMILES string of the molecule is CCCCCCCCCCCCN(CCCl)CCCl. The summed E-state index contributed by atoms with van der Waals surface area (Å²) in [5.41, 5.74) is 0. The minimum absolute atomic E-state index is 0.717. The Morgan fingerprint density at radius 3 is 1.42 bits per heavy atom. The van der Waals surface area contributed by atoms with Crippen LogP contribution in [0.4, 0.5) is 0 Å². The summed E-state index contributed by atoms with van der Waals surface area (Å²) in [5.74, 6) is 1.43. The fourth-order valence-electron chi connectivity index (χ4n) is 2.40. The van der Waals surface area contributed by atoms with Crippen molar-refractivity contribution >= 4 is 23.2 Å². The highest BCUT2D eigenvalue weighted by molar-refractivity contribution is 6.18. The summed E-state index contributed by atoms with van der Waals surface area (Å²) in [6, 6.07) is 0. The van der Waals surface area contributed by atoms with Gasteiger partial charge in [0.2, 0.25) is 0 Å². The van der Waals surface area contributed by atoms with Crippen LogP contribution in [0.25, 0.3) is 0 Å². The second-order valence-electron chi connectivity index (χ2n) is 5.40. The molecule has 0 heterocycles. The van der Waals surface area contributed by atoms with Crippen molar-refractivity contribution in [2.24, 2.45) is 0 Å². The Kier molecular flexibility index (Phi) is 17.1. The third-order valence-corrected chi connectivity index (χ3v) is 3.97. The fourth-order valence-corrected chi connectivity index (χ4v) is 2.88. The van der Waals surface area contributed by atoms with Crippen molar-refractivity contribution in [3.05, 3.63) is 0 Å². The van der Waals surface area contributed by atoms with E-state index < -0.39 is 0 Å². The quantitative estimate of drug-likeness (QED) is 0.277. The monoisotopic (exact) mass is 309 g/mol. The Morgan fingerprint density at radius 1 is 0.579 bits per heavy atom. The van der Waals surface area contributed by atoms with Crippen molar-refractivity contribution in [3.63, 3.8) is 0 Å². The van der Waals surface area contributed by atoms with E-state index in [0.29, 0.717) is 11.8 Å². The van der Waals surface area contributed by atoms with Crippen LogP contribution in [0.5, 0.6) is 0 Å². The molecule has 0 amide bonds. The van der Waals surface area contributed by atoms with Crippen LogP contribution in [-0.2, 0) is 0 Å². The van der Waals surface area contributed by atoms with Gasteiger partial charge in [-0.3, -0.25) is 0 Å². The molecule has 0 N–H and O–H groups in total. The predicted molar refractivity (Wildman–Crippen MR) is 89.7 cm³/mol. The lowest BCUT2D eigenvalue weighted by atomic mass is 10.1. The van der Waals surface area contributed by atoms with Gasteiger partial charge in [-0.2, -0.15) is 0 Å². The maximum Gasteiger partial charge on any atom is 0.0351 e. The summed E-state index contributed by atoms with van der Waals surface area (Å²) >= 11 is 11.6. The van der Waals surface area contributed by atoms with Crippen molar-refractivity contribution in [1.29, 1.82) is 0 Å². The van der Waals surface area contributed by atoms with E-state index in [1.807, 2.05) is 0 Å². The summed E-state index contributed by atoms with van der Waals surface area (Å²) in [6.07, 6.45) is 14.0. The van der Waals surface area contributed by atoms with Gasteiger partial charge in [-0.1, -0.05) is 64.7 Å². The maximum atomic E-state index is 5.78. The van der Waals surface area contributed by atoms with Crippen LogP contribution in [0.1, 0.15) is 71.1 Å². The summed E-state index contributed by atoms with van der Waals surface area (Å²) in [4.78, 5) is 2.38. The standard InChI is InChI=1S/C16H33Cl2N/c1-2-3-4-5-6-7-8-9-10-11-14-19(15-12-17)16-13-18/h2-16H2,1H3. The summed E-state index contributed by atoms with van der Waals surface area (Å²) in [7, 11) is 0. The lowest BCUT2D eigenvalue weighted by Gasteiger charge is -2.19. The van der Waals surface area contributed by atoms with Gasteiger partial charge in [-0.25, -0.2) is 0 Å². The third kappa shape index (κ3) is 14.8. The Balaban J connectivity index is 3.20. The number of halogens is 2. The first-order valence-corrected chi connectivity index (χ1v) is 9.26. The van der Waals surface area contributed by atoms with E-state index in [-0.39, 0.29) is 0 Å². The molecular formula is C16H33Cl2N. The number of alkyl halides is 2. The number of hydrogen-bond acceptors (Lipinski definition) is 1. The van der Waals surface area contributed by atoms with Gasteiger partial charge in [0.15, 0.2) is 0 Å². The maximum absolute atomic E-state index is 5.78. The van der Waals surface area contributed by atoms with Gasteiger partial charge in [0.05, 0.1) is 0 Å². The van der Waals surface area contributed by atoms with Gasteiger partial charge in [-0.15, -0.1) is 23.2 Å². The highest BCUT2D eigenvalue weighted by Crippen LogP contribution is 2.10. The van der Waals surface area contributed by atoms with Crippen LogP contribution in [0.15, 0.2) is 0 Å². The van der Waals surface area contributed by atoms with Crippen LogP contribution in [0.3, 0.4) is 0 Å². The second-order valence-corrected chi connectivity index (χ2v) is 6.16. The van der Waals surface area contributed by atoms with Gasteiger partial charge >= 0.3 is 0 Å². The second kappa shape index (κ2) is 16.6. The lowest BCUT2D eigenvalue weighted by molar-refractivity contribution is 0.298. The fraction of sp³-hybridized carbons (Fsp3) is 1.00. The van der Waals surface area contributed by atoms with E-state index in [4.69, 9.17) is 23.2 Å². The first-order valence-electron chi connectivity index (χ1n) is 8.19. The molecule has 19 heavy (non-hydrogen) atoms. The van der Waals surface area contributed by atoms with Crippen molar-refractivity contribution < 1.29 is 0 Å². The molecule has 1 nitrogen and oxygen atoms in total. The number of unbranched alkanes of at least 4 members (excludes halogenated alkanes) is 9. The normalized spacial score (nSPS) is 11.4. The van der Waals surface area contributed by atoms with E-state index in [1.54, 1.807) is 0 Å². The van der Waals surface area contributed by atoms with Gasteiger partial charge in [-0.05, 0) is 13.0 Å². The van der Waals surface area contributed by atoms with Gasteiger partial charge in [0, 0.05) is 24.8 Å². The largest absolute Gasteiger partial charge is 0.301 e. The Hall–Kier alpha value is 0.540. The Morgan fingerprint density at radius 2 is 1.00 bits per heavy atom. The minimum Gasteiger partial charge on any atom is -0.301 e. The van der Waals surface area contributed by atoms with Crippen LogP contribution < -0.4 is 0 Å². The number of rotatable bonds is 15. The molecule has 0 radical (unpaired) electrons. The average Bonchev–Trinajstić information content (AvgIpc) is 2.41. The first kappa shape index (κ1) is 19.5. The summed E-state index contributed by atoms with van der Waals surface area (Å²) < 4.78 is 0. The number of nitrogens with zero attached hydrogens (tertiary/aromatic N) is 1. The number of hydrogen-bond donors (Lipinski definition) is 0. The van der Waals surface area contributed by atoms with Crippen LogP contribution in [0.2, 0.25) is 0 Å². The van der Waals surface area contributed by atoms with Gasteiger partial charge < -0.3 is 4.90 Å². The molecule has 0 unspecified atom stereocenters. The Labute approximate surface area is 131 Å². The van der Waals surface area contributed by atoms with Crippen molar-refractivity contribution in [1.82, 2.24) is 4.90 Å².